The highest BCUT2D eigenvalue weighted by molar-refractivity contribution is 5.83. The van der Waals surface area contributed by atoms with Crippen molar-refractivity contribution in [1.29, 1.82) is 0 Å². The highest BCUT2D eigenvalue weighted by Crippen LogP contribution is 2.49. The molecule has 4 heteroatoms. The van der Waals surface area contributed by atoms with Crippen LogP contribution in [-0.2, 0) is 4.79 Å². The van der Waals surface area contributed by atoms with E-state index in [2.05, 4.69) is 28.9 Å². The molecular formula is C21H30N2O2. The predicted molar refractivity (Wildman–Crippen MR) is 98.8 cm³/mol. The Morgan fingerprint density at radius 1 is 1.12 bits per heavy atom. The van der Waals surface area contributed by atoms with E-state index in [-0.39, 0.29) is 5.92 Å². The van der Waals surface area contributed by atoms with Gasteiger partial charge in [0.15, 0.2) is 0 Å². The third kappa shape index (κ3) is 3.17. The van der Waals surface area contributed by atoms with Gasteiger partial charge in [-0.25, -0.2) is 0 Å². The van der Waals surface area contributed by atoms with Gasteiger partial charge in [-0.15, -0.1) is 0 Å². The third-order valence-electron chi connectivity index (χ3n) is 6.50. The van der Waals surface area contributed by atoms with Crippen LogP contribution >= 0.6 is 0 Å². The first kappa shape index (κ1) is 16.9. The first-order valence-electron chi connectivity index (χ1n) is 9.91. The highest BCUT2D eigenvalue weighted by Gasteiger charge is 2.49. The van der Waals surface area contributed by atoms with Gasteiger partial charge in [0, 0.05) is 24.5 Å². The van der Waals surface area contributed by atoms with Crippen molar-refractivity contribution in [2.24, 2.45) is 5.92 Å². The smallest absolute Gasteiger partial charge is 0.226 e. The number of methoxy groups -OCH3 is 1. The fourth-order valence-corrected chi connectivity index (χ4v) is 5.05. The molecule has 0 spiro atoms. The molecule has 1 saturated carbocycles. The van der Waals surface area contributed by atoms with Crippen LogP contribution in [0.5, 0.6) is 5.75 Å². The molecule has 3 fully saturated rings. The molecule has 0 aromatic heterocycles. The number of carbonyl (C=O) groups is 1. The minimum Gasteiger partial charge on any atom is -0.497 e. The quantitative estimate of drug-likeness (QED) is 0.823. The van der Waals surface area contributed by atoms with Gasteiger partial charge in [0.2, 0.25) is 5.91 Å². The van der Waals surface area contributed by atoms with Crippen LogP contribution in [0.4, 0.5) is 0 Å². The molecule has 2 heterocycles. The van der Waals surface area contributed by atoms with Gasteiger partial charge in [0.05, 0.1) is 7.11 Å². The summed E-state index contributed by atoms with van der Waals surface area (Å²) in [6.45, 7) is 5.53. The second-order valence-corrected chi connectivity index (χ2v) is 7.80. The standard InChI is InChI=1S/C21H30N2O2/c1-3-22-12-4-6-19(22)20-7-5-13-23(20)21(24)18-14-17(18)15-8-10-16(25-2)11-9-15/h8-11,17-20H,3-7,12-14H2,1-2H3/t17-,18-,19-,20+/m1/s1. The number of likely N-dealkylation sites (tertiary alicyclic amines) is 2. The summed E-state index contributed by atoms with van der Waals surface area (Å²) < 4.78 is 5.24. The average Bonchev–Trinajstić information content (AvgIpc) is 3.07. The number of likely N-dealkylation sites (N-methyl/N-ethyl adjacent to an activating group) is 1. The molecule has 1 aromatic rings. The Bertz CT molecular complexity index is 615. The maximum atomic E-state index is 13.2. The van der Waals surface area contributed by atoms with E-state index < -0.39 is 0 Å². The van der Waals surface area contributed by atoms with Crippen molar-refractivity contribution in [1.82, 2.24) is 9.80 Å². The van der Waals surface area contributed by atoms with Crippen molar-refractivity contribution in [3.63, 3.8) is 0 Å². The Morgan fingerprint density at radius 3 is 2.56 bits per heavy atom. The van der Waals surface area contributed by atoms with Gasteiger partial charge in [-0.1, -0.05) is 19.1 Å². The molecule has 0 unspecified atom stereocenters. The lowest BCUT2D eigenvalue weighted by molar-refractivity contribution is -0.134. The Kier molecular flexibility index (Phi) is 4.72. The lowest BCUT2D eigenvalue weighted by Gasteiger charge is -2.34. The topological polar surface area (TPSA) is 32.8 Å². The van der Waals surface area contributed by atoms with E-state index in [0.717, 1.165) is 25.3 Å². The summed E-state index contributed by atoms with van der Waals surface area (Å²) in [7, 11) is 1.69. The van der Waals surface area contributed by atoms with Gasteiger partial charge in [-0.05, 0) is 68.8 Å². The monoisotopic (exact) mass is 342 g/mol. The van der Waals surface area contributed by atoms with Gasteiger partial charge in [0.1, 0.15) is 5.75 Å². The first-order chi connectivity index (χ1) is 12.2. The van der Waals surface area contributed by atoms with Gasteiger partial charge in [-0.2, -0.15) is 0 Å². The lowest BCUT2D eigenvalue weighted by atomic mass is 10.0. The van der Waals surface area contributed by atoms with Crippen LogP contribution in [-0.4, -0.2) is 54.5 Å². The summed E-state index contributed by atoms with van der Waals surface area (Å²) in [6, 6.07) is 9.29. The molecule has 136 valence electrons. The van der Waals surface area contributed by atoms with Gasteiger partial charge in [-0.3, -0.25) is 9.69 Å². The number of rotatable bonds is 5. The fourth-order valence-electron chi connectivity index (χ4n) is 5.05. The van der Waals surface area contributed by atoms with Gasteiger partial charge >= 0.3 is 0 Å². The van der Waals surface area contributed by atoms with Crippen LogP contribution in [0.3, 0.4) is 0 Å². The molecule has 1 aromatic carbocycles. The van der Waals surface area contributed by atoms with Crippen molar-refractivity contribution in [3.05, 3.63) is 29.8 Å². The Balaban J connectivity index is 1.42. The predicted octanol–water partition coefficient (Wildman–Crippen LogP) is 3.27. The Labute approximate surface area is 151 Å². The van der Waals surface area contributed by atoms with E-state index >= 15 is 0 Å². The van der Waals surface area contributed by atoms with Crippen LogP contribution in [0.2, 0.25) is 0 Å². The zero-order valence-electron chi connectivity index (χ0n) is 15.5. The van der Waals surface area contributed by atoms with E-state index in [1.54, 1.807) is 7.11 Å². The molecule has 3 aliphatic rings. The molecule has 4 nitrogen and oxygen atoms in total. The second-order valence-electron chi connectivity index (χ2n) is 7.80. The number of amides is 1. The number of hydrogen-bond acceptors (Lipinski definition) is 3. The molecule has 2 saturated heterocycles. The van der Waals surface area contributed by atoms with Crippen LogP contribution in [0, 0.1) is 5.92 Å². The molecule has 0 N–H and O–H groups in total. The normalized spacial score (nSPS) is 32.2. The van der Waals surface area contributed by atoms with Crippen LogP contribution < -0.4 is 4.74 Å². The van der Waals surface area contributed by atoms with Crippen LogP contribution in [0.15, 0.2) is 24.3 Å². The zero-order valence-corrected chi connectivity index (χ0v) is 15.5. The van der Waals surface area contributed by atoms with Crippen molar-refractivity contribution in [2.75, 3.05) is 26.7 Å². The third-order valence-corrected chi connectivity index (χ3v) is 6.50. The average molecular weight is 342 g/mol. The molecule has 0 bridgehead atoms. The number of hydrogen-bond donors (Lipinski definition) is 0. The lowest BCUT2D eigenvalue weighted by Crippen LogP contribution is -2.48. The molecule has 1 aliphatic carbocycles. The van der Waals surface area contributed by atoms with E-state index in [4.69, 9.17) is 4.74 Å². The van der Waals surface area contributed by atoms with Gasteiger partial charge < -0.3 is 9.64 Å². The first-order valence-corrected chi connectivity index (χ1v) is 9.91. The van der Waals surface area contributed by atoms with Crippen molar-refractivity contribution < 1.29 is 9.53 Å². The summed E-state index contributed by atoms with van der Waals surface area (Å²) >= 11 is 0. The maximum Gasteiger partial charge on any atom is 0.226 e. The minimum atomic E-state index is 0.200. The van der Waals surface area contributed by atoms with E-state index in [0.29, 0.717) is 23.9 Å². The summed E-state index contributed by atoms with van der Waals surface area (Å²) in [5, 5.41) is 0. The maximum absolute atomic E-state index is 13.2. The molecule has 4 atom stereocenters. The molecule has 25 heavy (non-hydrogen) atoms. The second kappa shape index (κ2) is 6.99. The Hall–Kier alpha value is -1.55. The van der Waals surface area contributed by atoms with E-state index in [9.17, 15) is 4.79 Å². The number of ether oxygens (including phenoxy) is 1. The van der Waals surface area contributed by atoms with Crippen molar-refractivity contribution >= 4 is 5.91 Å². The summed E-state index contributed by atoms with van der Waals surface area (Å²) in [6.07, 6.45) is 5.91. The van der Waals surface area contributed by atoms with Crippen molar-refractivity contribution in [3.8, 4) is 5.75 Å². The zero-order chi connectivity index (χ0) is 17.4. The van der Waals surface area contributed by atoms with Gasteiger partial charge in [0.25, 0.3) is 0 Å². The van der Waals surface area contributed by atoms with Crippen LogP contribution in [0.1, 0.15) is 50.5 Å². The Morgan fingerprint density at radius 2 is 1.84 bits per heavy atom. The fraction of sp³-hybridized carbons (Fsp3) is 0.667. The van der Waals surface area contributed by atoms with E-state index in [1.807, 2.05) is 12.1 Å². The van der Waals surface area contributed by atoms with Crippen molar-refractivity contribution in [2.45, 2.75) is 57.0 Å². The molecule has 4 rings (SSSR count). The number of nitrogens with zero attached hydrogens (tertiary/aromatic N) is 2. The number of benzene rings is 1. The summed E-state index contributed by atoms with van der Waals surface area (Å²) in [5.74, 6) is 1.90. The van der Waals surface area contributed by atoms with Crippen LogP contribution in [0.25, 0.3) is 0 Å². The molecule has 0 radical (unpaired) electrons. The minimum absolute atomic E-state index is 0.200. The molecule has 2 aliphatic heterocycles. The molecule has 1 amide bonds. The SMILES string of the molecule is CCN1CCC[C@@H]1[C@@H]1CCCN1C(=O)[C@@H]1C[C@@H]1c1ccc(OC)cc1. The molecular weight excluding hydrogens is 312 g/mol. The largest absolute Gasteiger partial charge is 0.497 e. The summed E-state index contributed by atoms with van der Waals surface area (Å²) in [5.41, 5.74) is 1.28. The summed E-state index contributed by atoms with van der Waals surface area (Å²) in [4.78, 5) is 18.0. The highest BCUT2D eigenvalue weighted by atomic mass is 16.5. The number of carbonyl (C=O) groups excluding carboxylic acids is 1. The van der Waals surface area contributed by atoms with E-state index in [1.165, 1.54) is 37.8 Å².